The molecule has 1 atom stereocenters. The van der Waals surface area contributed by atoms with Crippen LogP contribution in [0.5, 0.6) is 0 Å². The van der Waals surface area contributed by atoms with Crippen molar-refractivity contribution in [2.45, 2.75) is 53.5 Å². The first-order valence-corrected chi connectivity index (χ1v) is 6.66. The van der Waals surface area contributed by atoms with Crippen molar-refractivity contribution in [1.29, 1.82) is 0 Å². The number of benzene rings is 1. The summed E-state index contributed by atoms with van der Waals surface area (Å²) in [6.07, 6.45) is 2.35. The Hall–Kier alpha value is -0.820. The van der Waals surface area contributed by atoms with Crippen LogP contribution in [0.15, 0.2) is 24.3 Å². The van der Waals surface area contributed by atoms with Crippen LogP contribution in [-0.4, -0.2) is 12.6 Å². The number of rotatable bonds is 5. The second-order valence-electron chi connectivity index (χ2n) is 6.30. The van der Waals surface area contributed by atoms with Gasteiger partial charge in [0.1, 0.15) is 0 Å². The standard InChI is InChI=1S/C16H27N/c1-13-8-6-7-9-15(13)12-14(2)17-11-10-16(3,4)5/h6-9,14,17H,10-12H2,1-5H3. The fraction of sp³-hybridized carbons (Fsp3) is 0.625. The van der Waals surface area contributed by atoms with Gasteiger partial charge in [0.05, 0.1) is 0 Å². The molecule has 0 bridgehead atoms. The molecular formula is C16H27N. The van der Waals surface area contributed by atoms with Gasteiger partial charge < -0.3 is 5.32 Å². The predicted molar refractivity (Wildman–Crippen MR) is 76.4 cm³/mol. The molecule has 1 aromatic rings. The Balaban J connectivity index is 2.35. The Morgan fingerprint density at radius 1 is 1.18 bits per heavy atom. The van der Waals surface area contributed by atoms with E-state index in [0.29, 0.717) is 11.5 Å². The molecule has 96 valence electrons. The first kappa shape index (κ1) is 14.2. The van der Waals surface area contributed by atoms with Crippen molar-refractivity contribution < 1.29 is 0 Å². The zero-order chi connectivity index (χ0) is 12.9. The molecule has 1 N–H and O–H groups in total. The lowest BCUT2D eigenvalue weighted by Crippen LogP contribution is -2.31. The fourth-order valence-corrected chi connectivity index (χ4v) is 1.93. The quantitative estimate of drug-likeness (QED) is 0.812. The van der Waals surface area contributed by atoms with Gasteiger partial charge in [-0.05, 0) is 49.8 Å². The van der Waals surface area contributed by atoms with Crippen LogP contribution < -0.4 is 5.32 Å². The maximum atomic E-state index is 3.61. The van der Waals surface area contributed by atoms with E-state index < -0.39 is 0 Å². The Morgan fingerprint density at radius 2 is 1.82 bits per heavy atom. The highest BCUT2D eigenvalue weighted by Crippen LogP contribution is 2.17. The third-order valence-electron chi connectivity index (χ3n) is 3.16. The molecule has 1 heteroatoms. The van der Waals surface area contributed by atoms with E-state index in [1.807, 2.05) is 0 Å². The molecule has 0 amide bonds. The Morgan fingerprint density at radius 3 is 2.41 bits per heavy atom. The van der Waals surface area contributed by atoms with Crippen molar-refractivity contribution in [2.24, 2.45) is 5.41 Å². The van der Waals surface area contributed by atoms with Crippen LogP contribution in [0.25, 0.3) is 0 Å². The first-order chi connectivity index (χ1) is 7.88. The monoisotopic (exact) mass is 233 g/mol. The van der Waals surface area contributed by atoms with Gasteiger partial charge in [0.25, 0.3) is 0 Å². The molecule has 1 aromatic carbocycles. The fourth-order valence-electron chi connectivity index (χ4n) is 1.93. The molecule has 0 aliphatic carbocycles. The van der Waals surface area contributed by atoms with Crippen molar-refractivity contribution in [1.82, 2.24) is 5.32 Å². The van der Waals surface area contributed by atoms with Crippen molar-refractivity contribution in [3.05, 3.63) is 35.4 Å². The third kappa shape index (κ3) is 5.88. The average molecular weight is 233 g/mol. The van der Waals surface area contributed by atoms with E-state index in [9.17, 15) is 0 Å². The minimum atomic E-state index is 0.426. The van der Waals surface area contributed by atoms with E-state index in [1.165, 1.54) is 17.5 Å². The third-order valence-corrected chi connectivity index (χ3v) is 3.16. The molecule has 0 spiro atoms. The number of nitrogens with one attached hydrogen (secondary N) is 1. The van der Waals surface area contributed by atoms with E-state index in [-0.39, 0.29) is 0 Å². The molecule has 0 aliphatic rings. The van der Waals surface area contributed by atoms with Crippen molar-refractivity contribution in [3.8, 4) is 0 Å². The van der Waals surface area contributed by atoms with Gasteiger partial charge >= 0.3 is 0 Å². The molecule has 1 rings (SSSR count). The van der Waals surface area contributed by atoms with E-state index in [1.54, 1.807) is 0 Å². The zero-order valence-electron chi connectivity index (χ0n) is 12.0. The zero-order valence-corrected chi connectivity index (χ0v) is 12.0. The van der Waals surface area contributed by atoms with Crippen LogP contribution in [0.1, 0.15) is 45.2 Å². The number of hydrogen-bond acceptors (Lipinski definition) is 1. The second kappa shape index (κ2) is 6.20. The lowest BCUT2D eigenvalue weighted by Gasteiger charge is -2.21. The van der Waals surface area contributed by atoms with Crippen molar-refractivity contribution >= 4 is 0 Å². The molecule has 1 unspecified atom stereocenters. The van der Waals surface area contributed by atoms with E-state index in [4.69, 9.17) is 0 Å². The van der Waals surface area contributed by atoms with Crippen molar-refractivity contribution in [2.75, 3.05) is 6.54 Å². The van der Waals surface area contributed by atoms with Crippen LogP contribution in [0.3, 0.4) is 0 Å². The molecule has 0 heterocycles. The molecule has 0 saturated carbocycles. The highest BCUT2D eigenvalue weighted by Gasteiger charge is 2.10. The summed E-state index contributed by atoms with van der Waals surface area (Å²) in [4.78, 5) is 0. The van der Waals surface area contributed by atoms with Crippen LogP contribution in [0.2, 0.25) is 0 Å². The molecule has 0 saturated heterocycles. The molecule has 1 nitrogen and oxygen atoms in total. The SMILES string of the molecule is Cc1ccccc1CC(C)NCCC(C)(C)C. The van der Waals surface area contributed by atoms with E-state index in [2.05, 4.69) is 64.2 Å². The van der Waals surface area contributed by atoms with Gasteiger partial charge in [0.15, 0.2) is 0 Å². The maximum Gasteiger partial charge on any atom is 0.00792 e. The van der Waals surface area contributed by atoms with Gasteiger partial charge in [-0.15, -0.1) is 0 Å². The summed E-state index contributed by atoms with van der Waals surface area (Å²) in [5.74, 6) is 0. The summed E-state index contributed by atoms with van der Waals surface area (Å²) in [5.41, 5.74) is 3.29. The average Bonchev–Trinajstić information content (AvgIpc) is 2.19. The Kier molecular flexibility index (Phi) is 5.20. The Bertz CT molecular complexity index is 336. The minimum Gasteiger partial charge on any atom is -0.314 e. The van der Waals surface area contributed by atoms with Crippen LogP contribution in [0.4, 0.5) is 0 Å². The van der Waals surface area contributed by atoms with Gasteiger partial charge in [0, 0.05) is 6.04 Å². The normalized spacial score (nSPS) is 13.7. The highest BCUT2D eigenvalue weighted by molar-refractivity contribution is 5.26. The smallest absolute Gasteiger partial charge is 0.00792 e. The summed E-state index contributed by atoms with van der Waals surface area (Å²) in [6.45, 7) is 12.4. The molecular weight excluding hydrogens is 206 g/mol. The van der Waals surface area contributed by atoms with E-state index >= 15 is 0 Å². The topological polar surface area (TPSA) is 12.0 Å². The van der Waals surface area contributed by atoms with Gasteiger partial charge in [-0.2, -0.15) is 0 Å². The van der Waals surface area contributed by atoms with Gasteiger partial charge in [0.2, 0.25) is 0 Å². The molecule has 17 heavy (non-hydrogen) atoms. The van der Waals surface area contributed by atoms with Gasteiger partial charge in [-0.1, -0.05) is 45.0 Å². The summed E-state index contributed by atoms with van der Waals surface area (Å²) in [5, 5.41) is 3.61. The molecule has 0 aliphatic heterocycles. The number of aryl methyl sites for hydroxylation is 1. The summed E-state index contributed by atoms with van der Waals surface area (Å²) < 4.78 is 0. The Labute approximate surface area is 107 Å². The number of hydrogen-bond donors (Lipinski definition) is 1. The van der Waals surface area contributed by atoms with E-state index in [0.717, 1.165) is 13.0 Å². The summed E-state index contributed by atoms with van der Waals surface area (Å²) in [6, 6.07) is 9.22. The minimum absolute atomic E-state index is 0.426. The van der Waals surface area contributed by atoms with Gasteiger partial charge in [-0.3, -0.25) is 0 Å². The van der Waals surface area contributed by atoms with Crippen LogP contribution in [0, 0.1) is 12.3 Å². The largest absolute Gasteiger partial charge is 0.314 e. The highest BCUT2D eigenvalue weighted by atomic mass is 14.9. The lowest BCUT2D eigenvalue weighted by molar-refractivity contribution is 0.356. The van der Waals surface area contributed by atoms with Crippen molar-refractivity contribution in [3.63, 3.8) is 0 Å². The molecule has 0 aromatic heterocycles. The summed E-state index contributed by atoms with van der Waals surface area (Å²) >= 11 is 0. The lowest BCUT2D eigenvalue weighted by atomic mass is 9.92. The second-order valence-corrected chi connectivity index (χ2v) is 6.30. The predicted octanol–water partition coefficient (Wildman–Crippen LogP) is 3.95. The maximum absolute atomic E-state index is 3.61. The molecule has 0 radical (unpaired) electrons. The first-order valence-electron chi connectivity index (χ1n) is 6.66. The van der Waals surface area contributed by atoms with Gasteiger partial charge in [-0.25, -0.2) is 0 Å². The van der Waals surface area contributed by atoms with Crippen LogP contribution >= 0.6 is 0 Å². The molecule has 0 fully saturated rings. The summed E-state index contributed by atoms with van der Waals surface area (Å²) in [7, 11) is 0. The van der Waals surface area contributed by atoms with Crippen LogP contribution in [-0.2, 0) is 6.42 Å².